The first-order valence-corrected chi connectivity index (χ1v) is 7.05. The Kier molecular flexibility index (Phi) is 3.92. The van der Waals surface area contributed by atoms with Crippen molar-refractivity contribution in [3.05, 3.63) is 30.1 Å². The second-order valence-corrected chi connectivity index (χ2v) is 5.27. The Bertz CT molecular complexity index is 727. The highest BCUT2D eigenvalue weighted by molar-refractivity contribution is 5.97. The summed E-state index contributed by atoms with van der Waals surface area (Å²) < 4.78 is 6.60. The number of methoxy groups -OCH3 is 1. The average molecular weight is 317 g/mol. The summed E-state index contributed by atoms with van der Waals surface area (Å²) in [5.74, 6) is -0.976. The zero-order chi connectivity index (χ0) is 16.4. The van der Waals surface area contributed by atoms with Gasteiger partial charge in [0.05, 0.1) is 7.11 Å². The lowest BCUT2D eigenvalue weighted by molar-refractivity contribution is -0.139. The van der Waals surface area contributed by atoms with Crippen molar-refractivity contribution in [2.75, 3.05) is 7.11 Å². The van der Waals surface area contributed by atoms with Crippen molar-refractivity contribution < 1.29 is 19.4 Å². The van der Waals surface area contributed by atoms with Crippen LogP contribution in [0.15, 0.2) is 24.5 Å². The van der Waals surface area contributed by atoms with Crippen LogP contribution < -0.4 is 10.1 Å². The Morgan fingerprint density at radius 3 is 2.78 bits per heavy atom. The largest absolute Gasteiger partial charge is 0.494 e. The molecule has 0 saturated heterocycles. The van der Waals surface area contributed by atoms with Gasteiger partial charge in [-0.25, -0.2) is 4.79 Å². The summed E-state index contributed by atoms with van der Waals surface area (Å²) >= 11 is 0. The first kappa shape index (κ1) is 14.9. The fourth-order valence-corrected chi connectivity index (χ4v) is 2.32. The molecule has 2 aromatic rings. The van der Waals surface area contributed by atoms with Crippen LogP contribution in [0.1, 0.15) is 23.2 Å². The van der Waals surface area contributed by atoms with Crippen molar-refractivity contribution in [1.82, 2.24) is 25.5 Å². The van der Waals surface area contributed by atoms with E-state index in [9.17, 15) is 14.7 Å². The smallest absolute Gasteiger partial charge is 0.326 e. The second-order valence-electron chi connectivity index (χ2n) is 5.27. The average Bonchev–Trinajstić information content (AvgIpc) is 3.24. The van der Waals surface area contributed by atoms with Crippen LogP contribution in [0.2, 0.25) is 0 Å². The molecule has 23 heavy (non-hydrogen) atoms. The fourth-order valence-electron chi connectivity index (χ4n) is 2.32. The van der Waals surface area contributed by atoms with Crippen molar-refractivity contribution in [2.24, 2.45) is 5.92 Å². The highest BCUT2D eigenvalue weighted by Crippen LogP contribution is 2.33. The molecule has 1 aromatic heterocycles. The molecule has 9 nitrogen and oxygen atoms in total. The molecular weight excluding hydrogens is 302 g/mol. The highest BCUT2D eigenvalue weighted by atomic mass is 16.5. The summed E-state index contributed by atoms with van der Waals surface area (Å²) in [5.41, 5.74) is 0.798. The minimum atomic E-state index is -1.02. The lowest BCUT2D eigenvalue weighted by Gasteiger charge is -2.14. The molecule has 1 amide bonds. The number of nitrogens with zero attached hydrogens (tertiary/aromatic N) is 4. The monoisotopic (exact) mass is 317 g/mol. The number of benzene rings is 1. The van der Waals surface area contributed by atoms with E-state index < -0.39 is 17.9 Å². The maximum Gasteiger partial charge on any atom is 0.326 e. The lowest BCUT2D eigenvalue weighted by atomic mass is 10.1. The molecule has 0 aliphatic heterocycles. The minimum Gasteiger partial charge on any atom is -0.494 e. The van der Waals surface area contributed by atoms with Gasteiger partial charge in [-0.2, -0.15) is 4.68 Å². The van der Waals surface area contributed by atoms with Crippen molar-refractivity contribution in [2.45, 2.75) is 18.9 Å². The Balaban J connectivity index is 1.86. The second kappa shape index (κ2) is 6.03. The highest BCUT2D eigenvalue weighted by Gasteiger charge is 2.37. The van der Waals surface area contributed by atoms with Gasteiger partial charge in [0, 0.05) is 5.56 Å². The molecule has 1 saturated carbocycles. The summed E-state index contributed by atoms with van der Waals surface area (Å²) in [5, 5.41) is 22.6. The molecule has 1 unspecified atom stereocenters. The first-order valence-electron chi connectivity index (χ1n) is 7.05. The molecule has 3 rings (SSSR count). The van der Waals surface area contributed by atoms with Gasteiger partial charge in [-0.05, 0) is 47.4 Å². The molecule has 1 heterocycles. The van der Waals surface area contributed by atoms with Crippen molar-refractivity contribution >= 4 is 11.9 Å². The van der Waals surface area contributed by atoms with Crippen molar-refractivity contribution in [3.63, 3.8) is 0 Å². The van der Waals surface area contributed by atoms with E-state index in [1.807, 2.05) is 0 Å². The summed E-state index contributed by atoms with van der Waals surface area (Å²) in [6.45, 7) is 0. The van der Waals surface area contributed by atoms with E-state index in [4.69, 9.17) is 4.74 Å². The summed E-state index contributed by atoms with van der Waals surface area (Å²) in [6, 6.07) is 3.87. The van der Waals surface area contributed by atoms with Gasteiger partial charge < -0.3 is 15.2 Å². The van der Waals surface area contributed by atoms with E-state index in [1.165, 1.54) is 18.1 Å². The van der Waals surface area contributed by atoms with Gasteiger partial charge in [0.1, 0.15) is 23.8 Å². The van der Waals surface area contributed by atoms with E-state index in [2.05, 4.69) is 20.8 Å². The van der Waals surface area contributed by atoms with Crippen LogP contribution in [-0.4, -0.2) is 50.3 Å². The predicted octanol–water partition coefficient (Wildman–Crippen LogP) is 0.264. The van der Waals surface area contributed by atoms with Crippen LogP contribution in [0.25, 0.3) is 5.69 Å². The number of nitrogens with one attached hydrogen (secondary N) is 1. The maximum atomic E-state index is 12.3. The fraction of sp³-hybridized carbons (Fsp3) is 0.357. The van der Waals surface area contributed by atoms with Crippen LogP contribution in [0.4, 0.5) is 0 Å². The quantitative estimate of drug-likeness (QED) is 0.784. The standard InChI is InChI=1S/C14H15N5O4/c1-23-11-5-4-9(6-10(11)19-7-15-17-18-19)13(20)16-12(14(21)22)8-2-3-8/h4-8,12H,2-3H2,1H3,(H,16,20)(H,21,22). The third kappa shape index (κ3) is 3.12. The zero-order valence-corrected chi connectivity index (χ0v) is 12.3. The third-order valence-electron chi connectivity index (χ3n) is 3.68. The van der Waals surface area contributed by atoms with E-state index >= 15 is 0 Å². The number of hydrogen-bond donors (Lipinski definition) is 2. The number of aromatic nitrogens is 4. The van der Waals surface area contributed by atoms with Gasteiger partial charge >= 0.3 is 5.97 Å². The number of carbonyl (C=O) groups excluding carboxylic acids is 1. The molecule has 1 atom stereocenters. The van der Waals surface area contributed by atoms with Crippen LogP contribution >= 0.6 is 0 Å². The van der Waals surface area contributed by atoms with Crippen LogP contribution in [0, 0.1) is 5.92 Å². The van der Waals surface area contributed by atoms with Crippen LogP contribution in [-0.2, 0) is 4.79 Å². The Labute approximate surface area is 131 Å². The number of rotatable bonds is 6. The lowest BCUT2D eigenvalue weighted by Crippen LogP contribution is -2.42. The topological polar surface area (TPSA) is 119 Å². The molecule has 120 valence electrons. The van der Waals surface area contributed by atoms with E-state index in [1.54, 1.807) is 18.2 Å². The number of hydrogen-bond acceptors (Lipinski definition) is 6. The number of carboxylic acid groups (broad SMARTS) is 1. The molecule has 2 N–H and O–H groups in total. The number of carbonyl (C=O) groups is 2. The summed E-state index contributed by atoms with van der Waals surface area (Å²) in [4.78, 5) is 23.6. The predicted molar refractivity (Wildman–Crippen MR) is 77.3 cm³/mol. The molecule has 1 aliphatic rings. The number of tetrazole rings is 1. The first-order chi connectivity index (χ1) is 11.1. The molecule has 0 bridgehead atoms. The summed E-state index contributed by atoms with van der Waals surface area (Å²) in [7, 11) is 1.50. The Morgan fingerprint density at radius 1 is 1.43 bits per heavy atom. The molecule has 1 fully saturated rings. The SMILES string of the molecule is COc1ccc(C(=O)NC(C(=O)O)C2CC2)cc1-n1cnnn1. The van der Waals surface area contributed by atoms with Gasteiger partial charge in [-0.15, -0.1) is 5.10 Å². The van der Waals surface area contributed by atoms with Gasteiger partial charge in [-0.3, -0.25) is 4.79 Å². The van der Waals surface area contributed by atoms with Gasteiger partial charge in [0.2, 0.25) is 0 Å². The number of carboxylic acids is 1. The number of ether oxygens (including phenoxy) is 1. The Morgan fingerprint density at radius 2 is 2.22 bits per heavy atom. The third-order valence-corrected chi connectivity index (χ3v) is 3.68. The molecule has 9 heteroatoms. The number of aliphatic carboxylic acids is 1. The summed E-state index contributed by atoms with van der Waals surface area (Å²) in [6.07, 6.45) is 3.01. The van der Waals surface area contributed by atoms with E-state index in [0.717, 1.165) is 12.8 Å². The maximum absolute atomic E-state index is 12.3. The molecule has 1 aliphatic carbocycles. The zero-order valence-electron chi connectivity index (χ0n) is 12.3. The van der Waals surface area contributed by atoms with E-state index in [-0.39, 0.29) is 5.92 Å². The molecule has 1 aromatic carbocycles. The molecular formula is C14H15N5O4. The normalized spacial score (nSPS) is 15.0. The van der Waals surface area contributed by atoms with Gasteiger partial charge in [0.15, 0.2) is 0 Å². The number of amides is 1. The van der Waals surface area contributed by atoms with Crippen molar-refractivity contribution in [3.8, 4) is 11.4 Å². The van der Waals surface area contributed by atoms with Gasteiger partial charge in [0.25, 0.3) is 5.91 Å². The van der Waals surface area contributed by atoms with Crippen LogP contribution in [0.3, 0.4) is 0 Å². The van der Waals surface area contributed by atoms with Crippen LogP contribution in [0.5, 0.6) is 5.75 Å². The minimum absolute atomic E-state index is 0.00804. The Hall–Kier alpha value is -2.97. The molecule has 0 radical (unpaired) electrons. The van der Waals surface area contributed by atoms with Crippen molar-refractivity contribution in [1.29, 1.82) is 0 Å². The van der Waals surface area contributed by atoms with Gasteiger partial charge in [-0.1, -0.05) is 0 Å². The van der Waals surface area contributed by atoms with E-state index in [0.29, 0.717) is 17.0 Å². The molecule has 0 spiro atoms.